The molecule has 0 aliphatic carbocycles. The number of nitrogens with zero attached hydrogens (tertiary/aromatic N) is 2. The molecule has 2 atom stereocenters. The zero-order valence-electron chi connectivity index (χ0n) is 20.3. The predicted octanol–water partition coefficient (Wildman–Crippen LogP) is 3.94. The van der Waals surface area contributed by atoms with E-state index in [4.69, 9.17) is 0 Å². The molecular formula is C24H29F4N3O4S. The van der Waals surface area contributed by atoms with E-state index >= 15 is 0 Å². The van der Waals surface area contributed by atoms with Crippen molar-refractivity contribution in [2.75, 3.05) is 17.1 Å². The van der Waals surface area contributed by atoms with E-state index in [1.807, 2.05) is 6.92 Å². The van der Waals surface area contributed by atoms with Gasteiger partial charge in [0.15, 0.2) is 0 Å². The van der Waals surface area contributed by atoms with Crippen LogP contribution in [0.15, 0.2) is 48.5 Å². The smallest absolute Gasteiger partial charge is 0.352 e. The molecule has 2 aromatic carbocycles. The molecule has 0 unspecified atom stereocenters. The fourth-order valence-electron chi connectivity index (χ4n) is 3.29. The van der Waals surface area contributed by atoms with Crippen molar-refractivity contribution in [1.29, 1.82) is 0 Å². The normalized spacial score (nSPS) is 13.6. The quantitative estimate of drug-likeness (QED) is 0.471. The Labute approximate surface area is 208 Å². The molecule has 0 aliphatic heterocycles. The molecule has 1 N–H and O–H groups in total. The second-order valence-corrected chi connectivity index (χ2v) is 10.4. The van der Waals surface area contributed by atoms with Gasteiger partial charge in [0.2, 0.25) is 21.8 Å². The number of sulfonamides is 1. The molecule has 2 rings (SSSR count). The second kappa shape index (κ2) is 11.7. The Morgan fingerprint density at radius 1 is 1.06 bits per heavy atom. The molecule has 0 fully saturated rings. The highest BCUT2D eigenvalue weighted by molar-refractivity contribution is 7.92. The van der Waals surface area contributed by atoms with E-state index in [9.17, 15) is 35.6 Å². The Hall–Kier alpha value is -3.15. The average Bonchev–Trinajstić information content (AvgIpc) is 2.80. The van der Waals surface area contributed by atoms with E-state index in [0.29, 0.717) is 22.4 Å². The van der Waals surface area contributed by atoms with Crippen LogP contribution in [-0.4, -0.2) is 50.0 Å². The van der Waals surface area contributed by atoms with Crippen molar-refractivity contribution in [3.63, 3.8) is 0 Å². The third kappa shape index (κ3) is 7.94. The summed E-state index contributed by atoms with van der Waals surface area (Å²) in [5.41, 5.74) is -0.956. The number of carbonyl (C=O) groups is 2. The van der Waals surface area contributed by atoms with Crippen molar-refractivity contribution < 1.29 is 35.6 Å². The van der Waals surface area contributed by atoms with Crippen LogP contribution >= 0.6 is 0 Å². The summed E-state index contributed by atoms with van der Waals surface area (Å²) in [6.07, 6.45) is -3.33. The van der Waals surface area contributed by atoms with Gasteiger partial charge in [-0.2, -0.15) is 13.2 Å². The van der Waals surface area contributed by atoms with E-state index < -0.39 is 52.0 Å². The molecule has 0 aliphatic rings. The summed E-state index contributed by atoms with van der Waals surface area (Å²) < 4.78 is 78.5. The molecule has 0 aromatic heterocycles. The molecule has 0 spiro atoms. The molecule has 0 saturated carbocycles. The first kappa shape index (κ1) is 29.1. The SMILES string of the molecule is CC[C@@H](C)NC(=O)[C@@H](C)N(Cc1ccc(F)cc1)C(=O)CN(c1cccc(C(F)(F)F)c1)S(C)(=O)=O. The molecular weight excluding hydrogens is 502 g/mol. The molecule has 198 valence electrons. The van der Waals surface area contributed by atoms with Crippen LogP contribution in [0, 0.1) is 5.82 Å². The minimum atomic E-state index is -4.72. The van der Waals surface area contributed by atoms with Crippen LogP contribution in [0.4, 0.5) is 23.2 Å². The summed E-state index contributed by atoms with van der Waals surface area (Å²) in [7, 11) is -4.19. The van der Waals surface area contributed by atoms with Gasteiger partial charge in [0, 0.05) is 12.6 Å². The zero-order chi connectivity index (χ0) is 27.3. The van der Waals surface area contributed by atoms with Gasteiger partial charge in [-0.15, -0.1) is 0 Å². The number of anilines is 1. The Bertz CT molecular complexity index is 1170. The molecule has 0 bridgehead atoms. The van der Waals surface area contributed by atoms with Gasteiger partial charge < -0.3 is 10.2 Å². The molecule has 0 saturated heterocycles. The largest absolute Gasteiger partial charge is 0.416 e. The monoisotopic (exact) mass is 531 g/mol. The zero-order valence-corrected chi connectivity index (χ0v) is 21.2. The molecule has 12 heteroatoms. The first-order valence-corrected chi connectivity index (χ1v) is 13.0. The molecule has 2 aromatic rings. The number of nitrogens with one attached hydrogen (secondary N) is 1. The minimum absolute atomic E-state index is 0.158. The van der Waals surface area contributed by atoms with Crippen molar-refractivity contribution >= 4 is 27.5 Å². The first-order valence-electron chi connectivity index (χ1n) is 11.1. The van der Waals surface area contributed by atoms with Crippen LogP contribution in [0.2, 0.25) is 0 Å². The summed E-state index contributed by atoms with van der Waals surface area (Å²) in [5, 5.41) is 2.75. The maximum absolute atomic E-state index is 13.4. The number of carbonyl (C=O) groups excluding carboxylic acids is 2. The Kier molecular flexibility index (Phi) is 9.47. The maximum atomic E-state index is 13.4. The fraction of sp³-hybridized carbons (Fsp3) is 0.417. The van der Waals surface area contributed by atoms with Gasteiger partial charge >= 0.3 is 6.18 Å². The van der Waals surface area contributed by atoms with E-state index in [2.05, 4.69) is 5.32 Å². The van der Waals surface area contributed by atoms with Gasteiger partial charge in [0.05, 0.1) is 17.5 Å². The van der Waals surface area contributed by atoms with Crippen LogP contribution in [0.1, 0.15) is 38.3 Å². The third-order valence-electron chi connectivity index (χ3n) is 5.58. The fourth-order valence-corrected chi connectivity index (χ4v) is 4.13. The summed E-state index contributed by atoms with van der Waals surface area (Å²) in [4.78, 5) is 27.3. The van der Waals surface area contributed by atoms with Gasteiger partial charge in [-0.1, -0.05) is 25.1 Å². The highest BCUT2D eigenvalue weighted by atomic mass is 32.2. The predicted molar refractivity (Wildman–Crippen MR) is 128 cm³/mol. The van der Waals surface area contributed by atoms with E-state index in [1.54, 1.807) is 6.92 Å². The van der Waals surface area contributed by atoms with Crippen molar-refractivity contribution in [3.05, 3.63) is 65.5 Å². The Morgan fingerprint density at radius 2 is 1.67 bits per heavy atom. The van der Waals surface area contributed by atoms with Gasteiger partial charge in [0.1, 0.15) is 18.4 Å². The first-order chi connectivity index (χ1) is 16.6. The lowest BCUT2D eigenvalue weighted by Gasteiger charge is -2.32. The number of hydrogen-bond acceptors (Lipinski definition) is 4. The van der Waals surface area contributed by atoms with E-state index in [-0.39, 0.29) is 18.3 Å². The topological polar surface area (TPSA) is 86.8 Å². The minimum Gasteiger partial charge on any atom is -0.352 e. The van der Waals surface area contributed by atoms with Gasteiger partial charge in [-0.05, 0) is 56.2 Å². The number of hydrogen-bond donors (Lipinski definition) is 1. The van der Waals surface area contributed by atoms with E-state index in [0.717, 1.165) is 29.4 Å². The van der Waals surface area contributed by atoms with Gasteiger partial charge in [-0.25, -0.2) is 12.8 Å². The summed E-state index contributed by atoms with van der Waals surface area (Å²) >= 11 is 0. The third-order valence-corrected chi connectivity index (χ3v) is 6.72. The number of rotatable bonds is 10. The lowest BCUT2D eigenvalue weighted by Crippen LogP contribution is -2.52. The van der Waals surface area contributed by atoms with Crippen molar-refractivity contribution in [1.82, 2.24) is 10.2 Å². The summed E-state index contributed by atoms with van der Waals surface area (Å²) in [5.74, 6) is -1.83. The van der Waals surface area contributed by atoms with Crippen LogP contribution in [0.5, 0.6) is 0 Å². The van der Waals surface area contributed by atoms with Crippen molar-refractivity contribution in [2.24, 2.45) is 0 Å². The summed E-state index contributed by atoms with van der Waals surface area (Å²) in [6.45, 7) is 4.08. The lowest BCUT2D eigenvalue weighted by molar-refractivity contribution is -0.139. The molecule has 7 nitrogen and oxygen atoms in total. The van der Waals surface area contributed by atoms with Crippen LogP contribution in [0.25, 0.3) is 0 Å². The molecule has 36 heavy (non-hydrogen) atoms. The molecule has 0 radical (unpaired) electrons. The Morgan fingerprint density at radius 3 is 2.19 bits per heavy atom. The highest BCUT2D eigenvalue weighted by Gasteiger charge is 2.33. The van der Waals surface area contributed by atoms with Crippen LogP contribution in [-0.2, 0) is 32.3 Å². The van der Waals surface area contributed by atoms with Crippen molar-refractivity contribution in [2.45, 2.75) is 52.0 Å². The molecule has 0 heterocycles. The van der Waals surface area contributed by atoms with Gasteiger partial charge in [0.25, 0.3) is 0 Å². The maximum Gasteiger partial charge on any atom is 0.416 e. The Balaban J connectivity index is 2.43. The highest BCUT2D eigenvalue weighted by Crippen LogP contribution is 2.32. The van der Waals surface area contributed by atoms with Crippen LogP contribution < -0.4 is 9.62 Å². The van der Waals surface area contributed by atoms with Crippen molar-refractivity contribution in [3.8, 4) is 0 Å². The summed E-state index contributed by atoms with van der Waals surface area (Å²) in [6, 6.07) is 7.53. The number of amides is 2. The van der Waals surface area contributed by atoms with Crippen LogP contribution in [0.3, 0.4) is 0 Å². The second-order valence-electron chi connectivity index (χ2n) is 8.46. The lowest BCUT2D eigenvalue weighted by atomic mass is 10.1. The average molecular weight is 532 g/mol. The number of halogens is 4. The van der Waals surface area contributed by atoms with E-state index in [1.165, 1.54) is 31.2 Å². The molecule has 2 amide bonds. The number of alkyl halides is 3. The standard InChI is InChI=1S/C24H29F4N3O4S/c1-5-16(2)29-23(33)17(3)30(14-18-9-11-20(25)12-10-18)22(32)15-31(36(4,34)35)21-8-6-7-19(13-21)24(26,27)28/h6-13,16-17H,5,14-15H2,1-4H3,(H,29,33)/t16-,17-/m1/s1. The number of benzene rings is 2. The van der Waals surface area contributed by atoms with Gasteiger partial charge in [-0.3, -0.25) is 13.9 Å².